The first-order chi connectivity index (χ1) is 23.0. The van der Waals surface area contributed by atoms with E-state index in [4.69, 9.17) is 19.1 Å². The van der Waals surface area contributed by atoms with Gasteiger partial charge in [0.1, 0.15) is 11.3 Å². The van der Waals surface area contributed by atoms with Gasteiger partial charge in [-0.2, -0.15) is 0 Å². The van der Waals surface area contributed by atoms with E-state index in [2.05, 4.69) is 62.8 Å². The molecule has 5 rings (SSSR count). The predicted molar refractivity (Wildman–Crippen MR) is 201 cm³/mol. The maximum absolute atomic E-state index is 14.3. The van der Waals surface area contributed by atoms with Crippen molar-refractivity contribution in [2.24, 2.45) is 0 Å². The molecule has 0 radical (unpaired) electrons. The van der Waals surface area contributed by atoms with Crippen molar-refractivity contribution < 1.29 is 22.4 Å². The Kier molecular flexibility index (Phi) is 10.8. The summed E-state index contributed by atoms with van der Waals surface area (Å²) in [6, 6.07) is 13.8. The van der Waals surface area contributed by atoms with Gasteiger partial charge in [-0.3, -0.25) is 9.97 Å². The minimum absolute atomic E-state index is 0.172. The average Bonchev–Trinajstić information content (AvgIpc) is 3.62. The highest BCUT2D eigenvalue weighted by atomic mass is 79.9. The molecule has 0 spiro atoms. The summed E-state index contributed by atoms with van der Waals surface area (Å²) < 4.78 is 42.3. The summed E-state index contributed by atoms with van der Waals surface area (Å²) >= 11 is 3.80. The molecule has 0 saturated carbocycles. The van der Waals surface area contributed by atoms with Crippen molar-refractivity contribution in [3.63, 3.8) is 0 Å². The highest BCUT2D eigenvalue weighted by molar-refractivity contribution is 9.09. The molecule has 1 aliphatic carbocycles. The fraction of sp³-hybridized carbons (Fsp3) is 0.486. The SMILES string of the molecule is CC(C)[Si](OCC(Br)c1cnc(-c2cc3c4c(ccc3n2S(=O)(=O)c2ccccc2)[C@H](NC(=O)OC(C)(C)C)CC4)cn1)(C(C)C)C(C)C. The first-order valence-corrected chi connectivity index (χ1v) is 21.5. The molecular formula is C37H49BrN4O5SSi. The summed E-state index contributed by atoms with van der Waals surface area (Å²) in [5, 5.41) is 3.80. The van der Waals surface area contributed by atoms with Gasteiger partial charge in [-0.25, -0.2) is 17.2 Å². The van der Waals surface area contributed by atoms with Crippen LogP contribution in [-0.4, -0.2) is 49.0 Å². The molecule has 1 unspecified atom stereocenters. The fourth-order valence-electron chi connectivity index (χ4n) is 7.55. The van der Waals surface area contributed by atoms with Crippen LogP contribution in [0.5, 0.6) is 0 Å². The molecule has 0 bridgehead atoms. The Morgan fingerprint density at radius 2 is 1.65 bits per heavy atom. The Labute approximate surface area is 300 Å². The maximum Gasteiger partial charge on any atom is 0.408 e. The molecule has 1 N–H and O–H groups in total. The van der Waals surface area contributed by atoms with Crippen molar-refractivity contribution in [2.75, 3.05) is 6.61 Å². The zero-order valence-corrected chi connectivity index (χ0v) is 33.4. The average molecular weight is 770 g/mol. The second-order valence-electron chi connectivity index (χ2n) is 14.8. The van der Waals surface area contributed by atoms with Gasteiger partial charge in [-0.05, 0) is 85.6 Å². The Balaban J connectivity index is 1.53. The molecule has 4 aromatic rings. The zero-order chi connectivity index (χ0) is 35.9. The van der Waals surface area contributed by atoms with Crippen LogP contribution < -0.4 is 5.32 Å². The van der Waals surface area contributed by atoms with E-state index in [1.807, 2.05) is 39.0 Å². The number of alkyl halides is 1. The van der Waals surface area contributed by atoms with Gasteiger partial charge >= 0.3 is 6.09 Å². The van der Waals surface area contributed by atoms with Crippen LogP contribution in [0.3, 0.4) is 0 Å². The summed E-state index contributed by atoms with van der Waals surface area (Å²) in [7, 11) is -6.09. The number of alkyl carbamates (subject to hydrolysis) is 1. The van der Waals surface area contributed by atoms with Gasteiger partial charge in [0.2, 0.25) is 0 Å². The molecule has 2 aromatic carbocycles. The summed E-state index contributed by atoms with van der Waals surface area (Å²) in [6.45, 7) is 19.5. The van der Waals surface area contributed by atoms with E-state index in [0.717, 1.165) is 16.5 Å². The van der Waals surface area contributed by atoms with Crippen molar-refractivity contribution in [3.8, 4) is 11.4 Å². The summed E-state index contributed by atoms with van der Waals surface area (Å²) in [4.78, 5) is 22.2. The number of nitrogens with one attached hydrogen (secondary N) is 1. The van der Waals surface area contributed by atoms with E-state index >= 15 is 0 Å². The van der Waals surface area contributed by atoms with Crippen LogP contribution in [0, 0.1) is 0 Å². The third-order valence-electron chi connectivity index (χ3n) is 9.56. The van der Waals surface area contributed by atoms with Gasteiger partial charge in [-0.1, -0.05) is 81.7 Å². The summed E-state index contributed by atoms with van der Waals surface area (Å²) in [5.74, 6) is 0. The minimum atomic E-state index is -4.01. The van der Waals surface area contributed by atoms with Crippen molar-refractivity contribution in [3.05, 3.63) is 77.7 Å². The van der Waals surface area contributed by atoms with Gasteiger partial charge < -0.3 is 14.5 Å². The monoisotopic (exact) mass is 768 g/mol. The van der Waals surface area contributed by atoms with Crippen molar-refractivity contribution in [1.82, 2.24) is 19.3 Å². The van der Waals surface area contributed by atoms with Crippen LogP contribution in [-0.2, 0) is 25.6 Å². The van der Waals surface area contributed by atoms with Gasteiger partial charge in [0.15, 0.2) is 8.32 Å². The molecule has 12 heteroatoms. The van der Waals surface area contributed by atoms with Crippen LogP contribution in [0.25, 0.3) is 22.3 Å². The molecule has 1 aliphatic rings. The number of aryl methyl sites for hydroxylation is 1. The first kappa shape index (κ1) is 37.2. The normalized spacial score (nSPS) is 16.1. The van der Waals surface area contributed by atoms with E-state index in [-0.39, 0.29) is 15.8 Å². The Morgan fingerprint density at radius 3 is 2.22 bits per heavy atom. The number of benzene rings is 2. The molecule has 1 amide bonds. The highest BCUT2D eigenvalue weighted by Crippen LogP contribution is 2.44. The van der Waals surface area contributed by atoms with Gasteiger partial charge in [0.25, 0.3) is 10.0 Å². The summed E-state index contributed by atoms with van der Waals surface area (Å²) in [6.07, 6.45) is 4.21. The first-order valence-electron chi connectivity index (χ1n) is 17.0. The number of halogens is 1. The summed E-state index contributed by atoms with van der Waals surface area (Å²) in [5.41, 5.74) is 4.82. The lowest BCUT2D eigenvalue weighted by molar-refractivity contribution is 0.0503. The van der Waals surface area contributed by atoms with E-state index in [1.54, 1.807) is 42.7 Å². The molecular weight excluding hydrogens is 720 g/mol. The number of fused-ring (bicyclic) bond motifs is 3. The lowest BCUT2D eigenvalue weighted by Gasteiger charge is -2.42. The number of aromatic nitrogens is 3. The van der Waals surface area contributed by atoms with Gasteiger partial charge in [-0.15, -0.1) is 0 Å². The van der Waals surface area contributed by atoms with E-state index < -0.39 is 30.0 Å². The lowest BCUT2D eigenvalue weighted by Crippen LogP contribution is -2.48. The smallest absolute Gasteiger partial charge is 0.408 e. The van der Waals surface area contributed by atoms with Crippen molar-refractivity contribution in [2.45, 2.75) is 113 Å². The van der Waals surface area contributed by atoms with Crippen molar-refractivity contribution in [1.29, 1.82) is 0 Å². The third kappa shape index (κ3) is 7.38. The number of ether oxygens (including phenoxy) is 1. The number of nitrogens with zero attached hydrogens (tertiary/aromatic N) is 3. The second-order valence-corrected chi connectivity index (χ2v) is 23.2. The van der Waals surface area contributed by atoms with Crippen LogP contribution in [0.4, 0.5) is 4.79 Å². The minimum Gasteiger partial charge on any atom is -0.444 e. The lowest BCUT2D eigenvalue weighted by atomic mass is 10.0. The van der Waals surface area contributed by atoms with Crippen LogP contribution in [0.15, 0.2) is 65.8 Å². The fourth-order valence-corrected chi connectivity index (χ4v) is 15.2. The molecule has 49 heavy (non-hydrogen) atoms. The number of carbonyl (C=O) groups excluding carboxylic acids is 1. The van der Waals surface area contributed by atoms with Crippen LogP contribution in [0.2, 0.25) is 16.6 Å². The topological polar surface area (TPSA) is 112 Å². The van der Waals surface area contributed by atoms with Crippen LogP contribution in [0.1, 0.15) is 96.4 Å². The molecule has 0 aliphatic heterocycles. The Bertz CT molecular complexity index is 1880. The largest absolute Gasteiger partial charge is 0.444 e. The Hall–Kier alpha value is -3.06. The molecule has 2 atom stereocenters. The van der Waals surface area contributed by atoms with E-state index in [1.165, 1.54) is 3.97 Å². The molecule has 2 aromatic heterocycles. The van der Waals surface area contributed by atoms with E-state index in [9.17, 15) is 13.2 Å². The number of hydrogen-bond acceptors (Lipinski definition) is 7. The molecule has 9 nitrogen and oxygen atoms in total. The number of hydrogen-bond donors (Lipinski definition) is 1. The number of rotatable bonds is 11. The predicted octanol–water partition coefficient (Wildman–Crippen LogP) is 9.48. The zero-order valence-electron chi connectivity index (χ0n) is 30.0. The molecule has 264 valence electrons. The van der Waals surface area contributed by atoms with Crippen LogP contribution >= 0.6 is 15.9 Å². The van der Waals surface area contributed by atoms with Crippen molar-refractivity contribution >= 4 is 51.3 Å². The Morgan fingerprint density at radius 1 is 1.00 bits per heavy atom. The maximum atomic E-state index is 14.3. The number of amides is 1. The molecule has 0 saturated heterocycles. The molecule has 2 heterocycles. The number of carbonyl (C=O) groups is 1. The van der Waals surface area contributed by atoms with Gasteiger partial charge in [0.05, 0.1) is 51.7 Å². The quantitative estimate of drug-likeness (QED) is 0.120. The highest BCUT2D eigenvalue weighted by Gasteiger charge is 2.45. The standard InChI is InChI=1S/C37H49BrN4O5SSi/c1-23(2)49(24(3)4,25(5)6)46-22-30(38)32-20-40-33(21-39-32)35-19-29-27-15-17-31(41-36(43)47-37(7,8)9)28(27)16-18-34(29)42(35)48(44,45)26-13-11-10-12-14-26/h10-14,16,18-21,23-25,30-31H,15,17,22H2,1-9H3,(H,41,43)/t30?,31-/m1/s1. The third-order valence-corrected chi connectivity index (χ3v) is 18.1. The second kappa shape index (κ2) is 14.3. The van der Waals surface area contributed by atoms with Gasteiger partial charge in [0, 0.05) is 5.39 Å². The molecule has 0 fully saturated rings. The van der Waals surface area contributed by atoms with E-state index in [0.29, 0.717) is 58.7 Å².